The lowest BCUT2D eigenvalue weighted by Crippen LogP contribution is -2.17. The number of halogens is 1. The summed E-state index contributed by atoms with van der Waals surface area (Å²) in [5.41, 5.74) is 0. The van der Waals surface area contributed by atoms with Crippen LogP contribution in [0.15, 0.2) is 0 Å². The van der Waals surface area contributed by atoms with Crippen LogP contribution in [-0.2, 0) is 9.47 Å². The molecule has 0 heterocycles. The van der Waals surface area contributed by atoms with Gasteiger partial charge in [0.05, 0.1) is 12.5 Å². The Morgan fingerprint density at radius 2 is 1.93 bits per heavy atom. The van der Waals surface area contributed by atoms with Crippen molar-refractivity contribution in [2.45, 2.75) is 32.1 Å². The predicted molar refractivity (Wildman–Crippen MR) is 54.6 cm³/mol. The van der Waals surface area contributed by atoms with E-state index >= 15 is 0 Å². The van der Waals surface area contributed by atoms with Crippen LogP contribution in [0.4, 0.5) is 4.79 Å². The minimum atomic E-state index is -0.587. The van der Waals surface area contributed by atoms with E-state index in [9.17, 15) is 4.79 Å². The first-order chi connectivity index (χ1) is 6.83. The van der Waals surface area contributed by atoms with Crippen LogP contribution in [-0.4, -0.2) is 25.2 Å². The highest BCUT2D eigenvalue weighted by atomic mass is 35.5. The third-order valence-corrected chi connectivity index (χ3v) is 2.61. The van der Waals surface area contributed by atoms with Crippen LogP contribution in [0.1, 0.15) is 32.1 Å². The zero-order valence-electron chi connectivity index (χ0n) is 8.34. The standard InChI is InChI=1S/C10H17ClO3/c11-6-7-13-10(12)14-8-9-4-2-1-3-5-9/h9H,1-8H2. The van der Waals surface area contributed by atoms with Crippen LogP contribution < -0.4 is 0 Å². The molecule has 0 unspecified atom stereocenters. The molecule has 0 saturated heterocycles. The second-order valence-electron chi connectivity index (χ2n) is 3.60. The van der Waals surface area contributed by atoms with Crippen molar-refractivity contribution in [2.24, 2.45) is 5.92 Å². The first-order valence-electron chi connectivity index (χ1n) is 5.18. The Balaban J connectivity index is 2.03. The molecule has 0 aliphatic heterocycles. The number of hydrogen-bond donors (Lipinski definition) is 0. The maximum Gasteiger partial charge on any atom is 0.508 e. The summed E-state index contributed by atoms with van der Waals surface area (Å²) in [4.78, 5) is 10.9. The number of carbonyl (C=O) groups is 1. The summed E-state index contributed by atoms with van der Waals surface area (Å²) < 4.78 is 9.65. The first kappa shape index (κ1) is 11.6. The van der Waals surface area contributed by atoms with Crippen molar-refractivity contribution in [3.63, 3.8) is 0 Å². The zero-order valence-corrected chi connectivity index (χ0v) is 9.09. The van der Waals surface area contributed by atoms with Gasteiger partial charge in [-0.25, -0.2) is 4.79 Å². The third-order valence-electron chi connectivity index (χ3n) is 2.46. The molecule has 1 aliphatic rings. The lowest BCUT2D eigenvalue weighted by atomic mass is 9.90. The quantitative estimate of drug-likeness (QED) is 0.540. The van der Waals surface area contributed by atoms with Crippen LogP contribution in [0.2, 0.25) is 0 Å². The van der Waals surface area contributed by atoms with E-state index in [1.807, 2.05) is 0 Å². The summed E-state index contributed by atoms with van der Waals surface area (Å²) in [7, 11) is 0. The van der Waals surface area contributed by atoms with Crippen LogP contribution in [0.25, 0.3) is 0 Å². The van der Waals surface area contributed by atoms with E-state index in [0.29, 0.717) is 18.4 Å². The molecule has 0 amide bonds. The fourth-order valence-corrected chi connectivity index (χ4v) is 1.78. The molecular formula is C10H17ClO3. The Labute approximate surface area is 89.7 Å². The highest BCUT2D eigenvalue weighted by Gasteiger charge is 2.15. The molecule has 0 spiro atoms. The Morgan fingerprint density at radius 3 is 2.57 bits per heavy atom. The average molecular weight is 221 g/mol. The van der Waals surface area contributed by atoms with Crippen LogP contribution in [0, 0.1) is 5.92 Å². The highest BCUT2D eigenvalue weighted by Crippen LogP contribution is 2.23. The van der Waals surface area contributed by atoms with E-state index in [1.165, 1.54) is 32.1 Å². The summed E-state index contributed by atoms with van der Waals surface area (Å²) in [5, 5.41) is 0. The van der Waals surface area contributed by atoms with E-state index < -0.39 is 6.16 Å². The third kappa shape index (κ3) is 4.70. The van der Waals surface area contributed by atoms with Crippen molar-refractivity contribution in [3.05, 3.63) is 0 Å². The van der Waals surface area contributed by atoms with Crippen LogP contribution in [0.5, 0.6) is 0 Å². The van der Waals surface area contributed by atoms with Crippen molar-refractivity contribution in [2.75, 3.05) is 19.1 Å². The lowest BCUT2D eigenvalue weighted by molar-refractivity contribution is 0.0434. The number of hydrogen-bond acceptors (Lipinski definition) is 3. The van der Waals surface area contributed by atoms with Gasteiger partial charge < -0.3 is 9.47 Å². The molecule has 0 aromatic rings. The van der Waals surface area contributed by atoms with Gasteiger partial charge in [0.2, 0.25) is 0 Å². The van der Waals surface area contributed by atoms with Crippen LogP contribution in [0.3, 0.4) is 0 Å². The summed E-state index contributed by atoms with van der Waals surface area (Å²) in [6.45, 7) is 0.728. The maximum atomic E-state index is 10.9. The molecule has 3 nitrogen and oxygen atoms in total. The van der Waals surface area contributed by atoms with Crippen LogP contribution >= 0.6 is 11.6 Å². The Bertz CT molecular complexity index is 167. The molecule has 1 rings (SSSR count). The van der Waals surface area contributed by atoms with E-state index in [1.54, 1.807) is 0 Å². The van der Waals surface area contributed by atoms with Gasteiger partial charge >= 0.3 is 6.16 Å². The SMILES string of the molecule is O=C(OCCCl)OCC1CCCCC1. The molecular weight excluding hydrogens is 204 g/mol. The summed E-state index contributed by atoms with van der Waals surface area (Å²) in [6.07, 6.45) is 5.57. The molecule has 4 heteroatoms. The molecule has 1 fully saturated rings. The largest absolute Gasteiger partial charge is 0.508 e. The van der Waals surface area contributed by atoms with Crippen molar-refractivity contribution >= 4 is 17.8 Å². The zero-order chi connectivity index (χ0) is 10.2. The Hall–Kier alpha value is -0.440. The maximum absolute atomic E-state index is 10.9. The van der Waals surface area contributed by atoms with E-state index in [2.05, 4.69) is 4.74 Å². The number of carbonyl (C=O) groups excluding carboxylic acids is 1. The second kappa shape index (κ2) is 6.93. The fourth-order valence-electron chi connectivity index (χ4n) is 1.70. The highest BCUT2D eigenvalue weighted by molar-refractivity contribution is 6.18. The van der Waals surface area contributed by atoms with Crippen molar-refractivity contribution in [3.8, 4) is 0 Å². The van der Waals surface area contributed by atoms with Gasteiger partial charge in [-0.3, -0.25) is 0 Å². The van der Waals surface area contributed by atoms with Gasteiger partial charge in [-0.05, 0) is 18.8 Å². The molecule has 1 aliphatic carbocycles. The molecule has 14 heavy (non-hydrogen) atoms. The molecule has 0 radical (unpaired) electrons. The smallest absolute Gasteiger partial charge is 0.434 e. The molecule has 0 aromatic carbocycles. The van der Waals surface area contributed by atoms with E-state index in [0.717, 1.165) is 0 Å². The molecule has 0 aromatic heterocycles. The number of rotatable bonds is 4. The summed E-state index contributed by atoms with van der Waals surface area (Å²) in [5.74, 6) is 0.853. The van der Waals surface area contributed by atoms with Gasteiger partial charge in [-0.15, -0.1) is 11.6 Å². The number of ether oxygens (including phenoxy) is 2. The topological polar surface area (TPSA) is 35.5 Å². The normalized spacial score (nSPS) is 17.8. The minimum absolute atomic E-state index is 0.227. The van der Waals surface area contributed by atoms with Gasteiger partial charge in [0.15, 0.2) is 0 Å². The minimum Gasteiger partial charge on any atom is -0.434 e. The van der Waals surface area contributed by atoms with Gasteiger partial charge in [0, 0.05) is 0 Å². The first-order valence-corrected chi connectivity index (χ1v) is 5.72. The predicted octanol–water partition coefficient (Wildman–Crippen LogP) is 2.96. The molecule has 1 saturated carbocycles. The average Bonchev–Trinajstić information content (AvgIpc) is 2.25. The van der Waals surface area contributed by atoms with E-state index in [-0.39, 0.29) is 6.61 Å². The Kier molecular flexibility index (Phi) is 5.76. The van der Waals surface area contributed by atoms with Gasteiger partial charge in [0.1, 0.15) is 6.61 Å². The summed E-state index contributed by atoms with van der Waals surface area (Å²) >= 11 is 5.36. The van der Waals surface area contributed by atoms with Gasteiger partial charge in [-0.1, -0.05) is 19.3 Å². The van der Waals surface area contributed by atoms with Gasteiger partial charge in [-0.2, -0.15) is 0 Å². The van der Waals surface area contributed by atoms with Crippen molar-refractivity contribution < 1.29 is 14.3 Å². The second-order valence-corrected chi connectivity index (χ2v) is 3.98. The molecule has 0 atom stereocenters. The molecule has 0 bridgehead atoms. The Morgan fingerprint density at radius 1 is 1.21 bits per heavy atom. The van der Waals surface area contributed by atoms with Crippen molar-refractivity contribution in [1.29, 1.82) is 0 Å². The molecule has 82 valence electrons. The lowest BCUT2D eigenvalue weighted by Gasteiger charge is -2.20. The van der Waals surface area contributed by atoms with Gasteiger partial charge in [0.25, 0.3) is 0 Å². The monoisotopic (exact) mass is 220 g/mol. The fraction of sp³-hybridized carbons (Fsp3) is 0.900. The van der Waals surface area contributed by atoms with Crippen molar-refractivity contribution in [1.82, 2.24) is 0 Å². The molecule has 0 N–H and O–H groups in total. The van der Waals surface area contributed by atoms with E-state index in [4.69, 9.17) is 16.3 Å². The summed E-state index contributed by atoms with van der Waals surface area (Å²) in [6, 6.07) is 0. The number of alkyl halides is 1.